The van der Waals surface area contributed by atoms with E-state index in [-0.39, 0.29) is 12.2 Å². The highest BCUT2D eigenvalue weighted by molar-refractivity contribution is 6.31. The highest BCUT2D eigenvalue weighted by atomic mass is 35.5. The summed E-state index contributed by atoms with van der Waals surface area (Å²) >= 11 is 5.91. The van der Waals surface area contributed by atoms with Gasteiger partial charge in [-0.25, -0.2) is 4.98 Å². The third-order valence-electron chi connectivity index (χ3n) is 2.06. The van der Waals surface area contributed by atoms with Gasteiger partial charge in [0.1, 0.15) is 5.69 Å². The molecule has 0 aliphatic carbocycles. The van der Waals surface area contributed by atoms with Crippen molar-refractivity contribution in [2.45, 2.75) is 6.42 Å². The first kappa shape index (κ1) is 10.7. The zero-order valence-corrected chi connectivity index (χ0v) is 9.05. The molecule has 0 radical (unpaired) electrons. The Labute approximate surface area is 97.3 Å². The highest BCUT2D eigenvalue weighted by Crippen LogP contribution is 2.15. The van der Waals surface area contributed by atoms with Gasteiger partial charge in [0, 0.05) is 31.2 Å². The van der Waals surface area contributed by atoms with Crippen LogP contribution in [-0.4, -0.2) is 20.7 Å². The minimum Gasteiger partial charge on any atom is -0.292 e. The van der Waals surface area contributed by atoms with Crippen LogP contribution in [0.5, 0.6) is 0 Å². The second-order valence-electron chi connectivity index (χ2n) is 3.16. The molecule has 80 valence electrons. The number of rotatable bonds is 3. The molecular weight excluding hydrogens is 226 g/mol. The maximum atomic E-state index is 11.8. The van der Waals surface area contributed by atoms with Crippen LogP contribution in [0.2, 0.25) is 5.02 Å². The Morgan fingerprint density at radius 1 is 1.19 bits per heavy atom. The summed E-state index contributed by atoms with van der Waals surface area (Å²) < 4.78 is 0. The van der Waals surface area contributed by atoms with Crippen LogP contribution in [0, 0.1) is 0 Å². The summed E-state index contributed by atoms with van der Waals surface area (Å²) in [5.41, 5.74) is 1.09. The Morgan fingerprint density at radius 2 is 2.00 bits per heavy atom. The van der Waals surface area contributed by atoms with Crippen LogP contribution in [0.1, 0.15) is 16.1 Å². The fourth-order valence-corrected chi connectivity index (χ4v) is 1.44. The molecule has 0 bridgehead atoms. The van der Waals surface area contributed by atoms with Crippen molar-refractivity contribution in [1.29, 1.82) is 0 Å². The molecule has 2 aromatic heterocycles. The molecule has 2 aromatic rings. The number of pyridine rings is 1. The Balaban J connectivity index is 2.18. The number of aromatic nitrogens is 3. The van der Waals surface area contributed by atoms with E-state index in [4.69, 9.17) is 11.6 Å². The van der Waals surface area contributed by atoms with Gasteiger partial charge in [-0.1, -0.05) is 11.6 Å². The molecule has 0 spiro atoms. The predicted octanol–water partition coefficient (Wildman–Crippen LogP) is 1.95. The third-order valence-corrected chi connectivity index (χ3v) is 2.40. The van der Waals surface area contributed by atoms with Gasteiger partial charge >= 0.3 is 0 Å². The highest BCUT2D eigenvalue weighted by Gasteiger charge is 2.10. The third kappa shape index (κ3) is 2.41. The molecule has 0 amide bonds. The van der Waals surface area contributed by atoms with Crippen molar-refractivity contribution in [3.63, 3.8) is 0 Å². The van der Waals surface area contributed by atoms with E-state index in [9.17, 15) is 4.79 Å². The zero-order valence-electron chi connectivity index (χ0n) is 8.30. The minimum atomic E-state index is -0.110. The van der Waals surface area contributed by atoms with Crippen LogP contribution in [0.4, 0.5) is 0 Å². The second kappa shape index (κ2) is 4.81. The van der Waals surface area contributed by atoms with E-state index in [2.05, 4.69) is 15.0 Å². The van der Waals surface area contributed by atoms with Crippen molar-refractivity contribution >= 4 is 17.4 Å². The first-order valence-corrected chi connectivity index (χ1v) is 5.03. The van der Waals surface area contributed by atoms with Crippen LogP contribution in [-0.2, 0) is 6.42 Å². The van der Waals surface area contributed by atoms with Gasteiger partial charge in [0.2, 0.25) is 0 Å². The number of hydrogen-bond donors (Lipinski definition) is 0. The SMILES string of the molecule is O=C(Cc1ccncc1Cl)c1cnccn1. The number of ketones is 1. The van der Waals surface area contributed by atoms with Crippen LogP contribution in [0.25, 0.3) is 0 Å². The van der Waals surface area contributed by atoms with Crippen LogP contribution >= 0.6 is 11.6 Å². The van der Waals surface area contributed by atoms with Crippen molar-refractivity contribution < 1.29 is 4.79 Å². The number of nitrogens with zero attached hydrogens (tertiary/aromatic N) is 3. The Morgan fingerprint density at radius 3 is 2.69 bits per heavy atom. The van der Waals surface area contributed by atoms with E-state index in [0.717, 1.165) is 5.56 Å². The molecule has 0 aromatic carbocycles. The van der Waals surface area contributed by atoms with Crippen molar-refractivity contribution in [1.82, 2.24) is 15.0 Å². The fourth-order valence-electron chi connectivity index (χ4n) is 1.25. The number of carbonyl (C=O) groups is 1. The van der Waals surface area contributed by atoms with Gasteiger partial charge < -0.3 is 0 Å². The molecule has 0 atom stereocenters. The number of carbonyl (C=O) groups excluding carboxylic acids is 1. The van der Waals surface area contributed by atoms with Crippen LogP contribution in [0.15, 0.2) is 37.1 Å². The lowest BCUT2D eigenvalue weighted by molar-refractivity contribution is 0.0988. The van der Waals surface area contributed by atoms with E-state index in [0.29, 0.717) is 10.7 Å². The molecule has 0 saturated heterocycles. The summed E-state index contributed by atoms with van der Waals surface area (Å²) in [6, 6.07) is 1.72. The quantitative estimate of drug-likeness (QED) is 0.761. The lowest BCUT2D eigenvalue weighted by atomic mass is 10.1. The Bertz CT molecular complexity index is 502. The van der Waals surface area contributed by atoms with Crippen molar-refractivity contribution in [3.05, 3.63) is 53.3 Å². The smallest absolute Gasteiger partial charge is 0.187 e. The second-order valence-corrected chi connectivity index (χ2v) is 3.56. The van der Waals surface area contributed by atoms with Gasteiger partial charge in [0.25, 0.3) is 0 Å². The molecule has 0 N–H and O–H groups in total. The summed E-state index contributed by atoms with van der Waals surface area (Å²) in [6.45, 7) is 0. The maximum Gasteiger partial charge on any atom is 0.187 e. The molecule has 2 heterocycles. The molecule has 5 heteroatoms. The van der Waals surface area contributed by atoms with Crippen LogP contribution in [0.3, 0.4) is 0 Å². The maximum absolute atomic E-state index is 11.8. The van der Waals surface area contributed by atoms with Gasteiger partial charge in [-0.2, -0.15) is 0 Å². The van der Waals surface area contributed by atoms with Gasteiger partial charge in [-0.15, -0.1) is 0 Å². The molecule has 0 unspecified atom stereocenters. The number of Topliss-reactive ketones (excluding diaryl/α,β-unsaturated/α-hetero) is 1. The number of hydrogen-bond acceptors (Lipinski definition) is 4. The minimum absolute atomic E-state index is 0.110. The lowest BCUT2D eigenvalue weighted by Crippen LogP contribution is -2.06. The summed E-state index contributed by atoms with van der Waals surface area (Å²) in [5.74, 6) is -0.110. The lowest BCUT2D eigenvalue weighted by Gasteiger charge is -2.01. The van der Waals surface area contributed by atoms with Crippen LogP contribution < -0.4 is 0 Å². The van der Waals surface area contributed by atoms with Gasteiger partial charge in [-0.05, 0) is 11.6 Å². The normalized spacial score (nSPS) is 10.1. The first-order valence-electron chi connectivity index (χ1n) is 4.65. The molecule has 4 nitrogen and oxygen atoms in total. The van der Waals surface area contributed by atoms with E-state index in [1.54, 1.807) is 12.3 Å². The zero-order chi connectivity index (χ0) is 11.4. The standard InChI is InChI=1S/C11H8ClN3O/c12-9-6-13-2-1-8(9)5-11(16)10-7-14-3-4-15-10/h1-4,6-7H,5H2. The molecule has 0 aliphatic heterocycles. The number of halogens is 1. The van der Waals surface area contributed by atoms with Gasteiger partial charge in [0.05, 0.1) is 11.2 Å². The van der Waals surface area contributed by atoms with Crippen molar-refractivity contribution in [2.75, 3.05) is 0 Å². The molecule has 0 fully saturated rings. The van der Waals surface area contributed by atoms with E-state index >= 15 is 0 Å². The monoisotopic (exact) mass is 233 g/mol. The topological polar surface area (TPSA) is 55.7 Å². The summed E-state index contributed by atoms with van der Waals surface area (Å²) in [6.07, 6.45) is 7.78. The van der Waals surface area contributed by atoms with Crippen molar-refractivity contribution in [3.8, 4) is 0 Å². The molecule has 16 heavy (non-hydrogen) atoms. The van der Waals surface area contributed by atoms with E-state index < -0.39 is 0 Å². The van der Waals surface area contributed by atoms with E-state index in [1.165, 1.54) is 24.8 Å². The average molecular weight is 234 g/mol. The largest absolute Gasteiger partial charge is 0.292 e. The summed E-state index contributed by atoms with van der Waals surface area (Å²) in [4.78, 5) is 23.4. The van der Waals surface area contributed by atoms with E-state index in [1.807, 2.05) is 0 Å². The fraction of sp³-hybridized carbons (Fsp3) is 0.0909. The summed E-state index contributed by atoms with van der Waals surface area (Å²) in [5, 5.41) is 0.486. The molecule has 2 rings (SSSR count). The molecule has 0 saturated carbocycles. The molecular formula is C11H8ClN3O. The Hall–Kier alpha value is -1.81. The first-order chi connectivity index (χ1) is 7.77. The average Bonchev–Trinajstić information content (AvgIpc) is 2.33. The Kier molecular flexibility index (Phi) is 3.22. The van der Waals surface area contributed by atoms with Gasteiger partial charge in [0.15, 0.2) is 5.78 Å². The van der Waals surface area contributed by atoms with Crippen molar-refractivity contribution in [2.24, 2.45) is 0 Å². The van der Waals surface area contributed by atoms with Gasteiger partial charge in [-0.3, -0.25) is 14.8 Å². The molecule has 0 aliphatic rings. The predicted molar refractivity (Wildman–Crippen MR) is 59.3 cm³/mol. The summed E-state index contributed by atoms with van der Waals surface area (Å²) in [7, 11) is 0.